The number of rotatable bonds is 3. The molecule has 1 unspecified atom stereocenters. The van der Waals surface area contributed by atoms with Crippen LogP contribution in [0.1, 0.15) is 39.2 Å². The third-order valence-corrected chi connectivity index (χ3v) is 3.87. The number of benzene rings is 1. The summed E-state index contributed by atoms with van der Waals surface area (Å²) < 4.78 is 5.38. The van der Waals surface area contributed by atoms with Crippen molar-refractivity contribution in [2.24, 2.45) is 0 Å². The molecule has 1 aliphatic rings. The summed E-state index contributed by atoms with van der Waals surface area (Å²) in [6.45, 7) is 6.25. The standard InChI is InChI=1S/C17H23NO4.Na/c1-16(2,3)22-15(21)18-10-9-17(12-18,11-14(19)20)13-7-5-4-6-8-13;/h4-8H,9-12H2,1-3H3,(H,19,20);/q;+1/p-1. The van der Waals surface area contributed by atoms with E-state index in [1.54, 1.807) is 4.90 Å². The summed E-state index contributed by atoms with van der Waals surface area (Å²) >= 11 is 0. The van der Waals surface area contributed by atoms with E-state index in [2.05, 4.69) is 0 Å². The molecule has 120 valence electrons. The van der Waals surface area contributed by atoms with Crippen LogP contribution in [0.15, 0.2) is 30.3 Å². The fourth-order valence-electron chi connectivity index (χ4n) is 2.90. The smallest absolute Gasteiger partial charge is 0.550 e. The summed E-state index contributed by atoms with van der Waals surface area (Å²) in [5.74, 6) is -1.10. The van der Waals surface area contributed by atoms with E-state index in [1.165, 1.54) is 0 Å². The first-order chi connectivity index (χ1) is 10.2. The molecule has 1 aromatic carbocycles. The van der Waals surface area contributed by atoms with Crippen molar-refractivity contribution in [2.75, 3.05) is 13.1 Å². The number of likely N-dealkylation sites (tertiary alicyclic amines) is 1. The first-order valence-corrected chi connectivity index (χ1v) is 7.45. The van der Waals surface area contributed by atoms with Crippen LogP contribution in [0.3, 0.4) is 0 Å². The predicted molar refractivity (Wildman–Crippen MR) is 80.2 cm³/mol. The molecule has 0 N–H and O–H groups in total. The molecule has 0 bridgehead atoms. The summed E-state index contributed by atoms with van der Waals surface area (Å²) in [5, 5.41) is 11.2. The van der Waals surface area contributed by atoms with Crippen LogP contribution in [0.2, 0.25) is 0 Å². The third-order valence-electron chi connectivity index (χ3n) is 3.87. The van der Waals surface area contributed by atoms with Crippen molar-refractivity contribution in [2.45, 2.75) is 44.6 Å². The van der Waals surface area contributed by atoms with Gasteiger partial charge in [0.1, 0.15) is 5.60 Å². The van der Waals surface area contributed by atoms with E-state index < -0.39 is 23.1 Å². The number of carbonyl (C=O) groups excluding carboxylic acids is 2. The zero-order valence-electron chi connectivity index (χ0n) is 14.3. The molecule has 5 nitrogen and oxygen atoms in total. The quantitative estimate of drug-likeness (QED) is 0.648. The van der Waals surface area contributed by atoms with Crippen molar-refractivity contribution in [1.82, 2.24) is 4.90 Å². The van der Waals surface area contributed by atoms with Crippen LogP contribution in [0.4, 0.5) is 4.79 Å². The van der Waals surface area contributed by atoms with Crippen molar-refractivity contribution in [3.05, 3.63) is 35.9 Å². The minimum Gasteiger partial charge on any atom is -0.550 e. The zero-order chi connectivity index (χ0) is 16.4. The molecular formula is C17H22NNaO4. The van der Waals surface area contributed by atoms with Gasteiger partial charge in [0.2, 0.25) is 0 Å². The number of hydrogen-bond acceptors (Lipinski definition) is 4. The largest absolute Gasteiger partial charge is 1.00 e. The van der Waals surface area contributed by atoms with E-state index in [4.69, 9.17) is 4.74 Å². The molecule has 0 radical (unpaired) electrons. The van der Waals surface area contributed by atoms with Gasteiger partial charge in [-0.1, -0.05) is 30.3 Å². The van der Waals surface area contributed by atoms with Gasteiger partial charge >= 0.3 is 35.7 Å². The molecule has 1 atom stereocenters. The number of amides is 1. The number of aliphatic carboxylic acids is 1. The van der Waals surface area contributed by atoms with E-state index in [9.17, 15) is 14.7 Å². The van der Waals surface area contributed by atoms with E-state index in [0.717, 1.165) is 5.56 Å². The summed E-state index contributed by atoms with van der Waals surface area (Å²) in [7, 11) is 0. The van der Waals surface area contributed by atoms with Gasteiger partial charge in [-0.3, -0.25) is 0 Å². The van der Waals surface area contributed by atoms with E-state index in [-0.39, 0.29) is 36.0 Å². The molecule has 2 rings (SSSR count). The second kappa shape index (κ2) is 7.69. The normalized spacial score (nSPS) is 20.7. The molecule has 0 spiro atoms. The number of carbonyl (C=O) groups is 2. The number of ether oxygens (including phenoxy) is 1. The Balaban J connectivity index is 0.00000264. The van der Waals surface area contributed by atoms with Crippen molar-refractivity contribution in [1.29, 1.82) is 0 Å². The molecule has 1 fully saturated rings. The van der Waals surface area contributed by atoms with Crippen molar-refractivity contribution in [3.63, 3.8) is 0 Å². The van der Waals surface area contributed by atoms with Crippen molar-refractivity contribution < 1.29 is 49.0 Å². The average molecular weight is 327 g/mol. The molecule has 0 saturated carbocycles. The number of hydrogen-bond donors (Lipinski definition) is 0. The topological polar surface area (TPSA) is 69.7 Å². The van der Waals surface area contributed by atoms with Gasteiger partial charge in [-0.2, -0.15) is 0 Å². The van der Waals surface area contributed by atoms with Gasteiger partial charge in [0.05, 0.1) is 0 Å². The number of carboxylic acids is 1. The van der Waals surface area contributed by atoms with Crippen LogP contribution in [-0.4, -0.2) is 35.7 Å². The zero-order valence-corrected chi connectivity index (χ0v) is 16.3. The summed E-state index contributed by atoms with van der Waals surface area (Å²) in [5.41, 5.74) is -0.245. The van der Waals surface area contributed by atoms with Gasteiger partial charge < -0.3 is 19.5 Å². The van der Waals surface area contributed by atoms with Crippen LogP contribution >= 0.6 is 0 Å². The number of nitrogens with zero attached hydrogens (tertiary/aromatic N) is 1. The molecule has 1 aromatic rings. The van der Waals surface area contributed by atoms with E-state index in [0.29, 0.717) is 19.5 Å². The van der Waals surface area contributed by atoms with Gasteiger partial charge in [-0.05, 0) is 39.2 Å². The van der Waals surface area contributed by atoms with Gasteiger partial charge in [-0.15, -0.1) is 0 Å². The predicted octanol–water partition coefficient (Wildman–Crippen LogP) is -1.29. The summed E-state index contributed by atoms with van der Waals surface area (Å²) in [6, 6.07) is 9.45. The SMILES string of the molecule is CC(C)(C)OC(=O)N1CCC(CC(=O)[O-])(c2ccccc2)C1.[Na+]. The Labute approximate surface area is 159 Å². The maximum atomic E-state index is 12.2. The first-order valence-electron chi connectivity index (χ1n) is 7.45. The minimum absolute atomic E-state index is 0. The molecule has 0 aromatic heterocycles. The first kappa shape index (κ1) is 20.0. The van der Waals surface area contributed by atoms with Crippen LogP contribution < -0.4 is 34.7 Å². The van der Waals surface area contributed by atoms with Gasteiger partial charge in [0.25, 0.3) is 0 Å². The van der Waals surface area contributed by atoms with Crippen molar-refractivity contribution in [3.8, 4) is 0 Å². The molecule has 1 heterocycles. The minimum atomic E-state index is -1.10. The summed E-state index contributed by atoms with van der Waals surface area (Å²) in [6.07, 6.45) is 0.0873. The molecule has 0 aliphatic carbocycles. The molecule has 23 heavy (non-hydrogen) atoms. The third kappa shape index (κ3) is 5.23. The molecular weight excluding hydrogens is 305 g/mol. The maximum absolute atomic E-state index is 12.2. The Morgan fingerprint density at radius 1 is 1.26 bits per heavy atom. The second-order valence-corrected chi connectivity index (χ2v) is 6.85. The molecule has 6 heteroatoms. The van der Waals surface area contributed by atoms with Crippen LogP contribution in [0.25, 0.3) is 0 Å². The van der Waals surface area contributed by atoms with Gasteiger partial charge in [0, 0.05) is 24.5 Å². The Morgan fingerprint density at radius 2 is 1.87 bits per heavy atom. The van der Waals surface area contributed by atoms with Crippen LogP contribution in [-0.2, 0) is 14.9 Å². The summed E-state index contributed by atoms with van der Waals surface area (Å²) in [4.78, 5) is 25.0. The van der Waals surface area contributed by atoms with E-state index >= 15 is 0 Å². The molecule has 1 amide bonds. The maximum Gasteiger partial charge on any atom is 1.00 e. The van der Waals surface area contributed by atoms with E-state index in [1.807, 2.05) is 51.1 Å². The fraction of sp³-hybridized carbons (Fsp3) is 0.529. The Kier molecular flexibility index (Phi) is 6.69. The van der Waals surface area contributed by atoms with Crippen LogP contribution in [0, 0.1) is 0 Å². The molecule has 1 saturated heterocycles. The van der Waals surface area contributed by atoms with Gasteiger partial charge in [0.15, 0.2) is 0 Å². The number of carboxylic acid groups (broad SMARTS) is 1. The van der Waals surface area contributed by atoms with Crippen LogP contribution in [0.5, 0.6) is 0 Å². The Hall–Kier alpha value is -1.04. The van der Waals surface area contributed by atoms with Gasteiger partial charge in [-0.25, -0.2) is 4.79 Å². The average Bonchev–Trinajstić information content (AvgIpc) is 2.82. The Morgan fingerprint density at radius 3 is 2.39 bits per heavy atom. The fourth-order valence-corrected chi connectivity index (χ4v) is 2.90. The monoisotopic (exact) mass is 327 g/mol. The molecule has 1 aliphatic heterocycles. The second-order valence-electron chi connectivity index (χ2n) is 6.85. The van der Waals surface area contributed by atoms with Crippen molar-refractivity contribution >= 4 is 12.1 Å². The Bertz CT molecular complexity index is 555.